The lowest BCUT2D eigenvalue weighted by Gasteiger charge is -2.13. The molecule has 0 spiro atoms. The Balaban J connectivity index is 1.62. The van der Waals surface area contributed by atoms with Crippen LogP contribution in [0.3, 0.4) is 0 Å². The molecule has 0 amide bonds. The zero-order valence-corrected chi connectivity index (χ0v) is 16.2. The summed E-state index contributed by atoms with van der Waals surface area (Å²) >= 11 is 0. The molecule has 6 heteroatoms. The number of ether oxygens (including phenoxy) is 4. The Kier molecular flexibility index (Phi) is 8.91. The van der Waals surface area contributed by atoms with E-state index < -0.39 is 6.10 Å². The average Bonchev–Trinajstić information content (AvgIpc) is 2.71. The van der Waals surface area contributed by atoms with Crippen molar-refractivity contribution in [1.29, 1.82) is 0 Å². The molecule has 2 aromatic carbocycles. The first kappa shape index (κ1) is 21.0. The maximum Gasteiger partial charge on any atom is 0.161 e. The fourth-order valence-corrected chi connectivity index (χ4v) is 2.64. The van der Waals surface area contributed by atoms with Crippen LogP contribution in [0.4, 0.5) is 0 Å². The fraction of sp³-hybridized carbons (Fsp3) is 0.429. The van der Waals surface area contributed by atoms with Gasteiger partial charge in [-0.1, -0.05) is 18.2 Å². The van der Waals surface area contributed by atoms with Gasteiger partial charge in [0.2, 0.25) is 0 Å². The molecule has 0 saturated heterocycles. The van der Waals surface area contributed by atoms with E-state index in [-0.39, 0.29) is 6.61 Å². The molecule has 0 saturated carbocycles. The van der Waals surface area contributed by atoms with Crippen LogP contribution in [-0.4, -0.2) is 52.2 Å². The minimum Gasteiger partial charge on any atom is -0.497 e. The second kappa shape index (κ2) is 11.4. The number of methoxy groups -OCH3 is 3. The van der Waals surface area contributed by atoms with Crippen LogP contribution < -0.4 is 19.5 Å². The second-order valence-corrected chi connectivity index (χ2v) is 6.16. The predicted octanol–water partition coefficient (Wildman–Crippen LogP) is 2.42. The minimum absolute atomic E-state index is 0.268. The van der Waals surface area contributed by atoms with Crippen molar-refractivity contribution in [2.75, 3.05) is 41.0 Å². The van der Waals surface area contributed by atoms with Crippen molar-refractivity contribution in [2.24, 2.45) is 0 Å². The molecule has 1 atom stereocenters. The molecule has 0 unspecified atom stereocenters. The van der Waals surface area contributed by atoms with Crippen molar-refractivity contribution in [3.63, 3.8) is 0 Å². The van der Waals surface area contributed by atoms with Gasteiger partial charge in [-0.15, -0.1) is 0 Å². The van der Waals surface area contributed by atoms with Gasteiger partial charge in [-0.25, -0.2) is 0 Å². The van der Waals surface area contributed by atoms with Crippen molar-refractivity contribution in [1.82, 2.24) is 5.32 Å². The second-order valence-electron chi connectivity index (χ2n) is 6.16. The van der Waals surface area contributed by atoms with Gasteiger partial charge in [-0.3, -0.25) is 0 Å². The molecule has 0 aliphatic heterocycles. The number of aliphatic hydroxyl groups is 1. The third-order valence-electron chi connectivity index (χ3n) is 4.16. The third-order valence-corrected chi connectivity index (χ3v) is 4.16. The Bertz CT molecular complexity index is 675. The summed E-state index contributed by atoms with van der Waals surface area (Å²) < 4.78 is 21.2. The normalized spacial score (nSPS) is 11.9. The van der Waals surface area contributed by atoms with Gasteiger partial charge in [0, 0.05) is 6.54 Å². The molecular weight excluding hydrogens is 346 g/mol. The molecule has 27 heavy (non-hydrogen) atoms. The third kappa shape index (κ3) is 7.09. The summed E-state index contributed by atoms with van der Waals surface area (Å²) in [5.41, 5.74) is 2.19. The summed E-state index contributed by atoms with van der Waals surface area (Å²) in [5.74, 6) is 2.20. The summed E-state index contributed by atoms with van der Waals surface area (Å²) in [7, 11) is 4.86. The van der Waals surface area contributed by atoms with Crippen LogP contribution in [-0.2, 0) is 17.8 Å². The van der Waals surface area contributed by atoms with Gasteiger partial charge in [0.15, 0.2) is 11.5 Å². The van der Waals surface area contributed by atoms with E-state index in [0.717, 1.165) is 24.3 Å². The number of nitrogens with one attached hydrogen (secondary N) is 1. The van der Waals surface area contributed by atoms with Crippen LogP contribution in [0, 0.1) is 0 Å². The lowest BCUT2D eigenvalue weighted by atomic mass is 10.1. The SMILES string of the molecule is COc1ccc(CCNC[C@@H](O)COCc2ccc(OC)c(OC)c2)cc1. The summed E-state index contributed by atoms with van der Waals surface area (Å²) in [4.78, 5) is 0. The lowest BCUT2D eigenvalue weighted by molar-refractivity contribution is 0.0289. The number of aliphatic hydroxyl groups excluding tert-OH is 1. The molecule has 2 rings (SSSR count). The van der Waals surface area contributed by atoms with Crippen molar-refractivity contribution in [2.45, 2.75) is 19.1 Å². The van der Waals surface area contributed by atoms with Crippen molar-refractivity contribution < 1.29 is 24.1 Å². The Labute approximate surface area is 161 Å². The molecule has 148 valence electrons. The average molecular weight is 375 g/mol. The maximum absolute atomic E-state index is 10.0. The van der Waals surface area contributed by atoms with E-state index >= 15 is 0 Å². The van der Waals surface area contributed by atoms with Gasteiger partial charge in [-0.2, -0.15) is 0 Å². The van der Waals surface area contributed by atoms with Crippen LogP contribution in [0.15, 0.2) is 42.5 Å². The summed E-state index contributed by atoms with van der Waals surface area (Å²) in [6.45, 7) is 1.95. The molecule has 0 aliphatic rings. The summed E-state index contributed by atoms with van der Waals surface area (Å²) in [5, 5.41) is 13.3. The highest BCUT2D eigenvalue weighted by Crippen LogP contribution is 2.27. The Hall–Kier alpha value is -2.28. The molecule has 6 nitrogen and oxygen atoms in total. The minimum atomic E-state index is -0.555. The quantitative estimate of drug-likeness (QED) is 0.556. The van der Waals surface area contributed by atoms with E-state index in [1.165, 1.54) is 5.56 Å². The van der Waals surface area contributed by atoms with Crippen LogP contribution in [0.2, 0.25) is 0 Å². The van der Waals surface area contributed by atoms with E-state index in [2.05, 4.69) is 5.32 Å². The highest BCUT2D eigenvalue weighted by Gasteiger charge is 2.07. The van der Waals surface area contributed by atoms with Gasteiger partial charge in [0.25, 0.3) is 0 Å². The summed E-state index contributed by atoms with van der Waals surface area (Å²) in [6, 6.07) is 13.6. The maximum atomic E-state index is 10.0. The molecule has 0 aliphatic carbocycles. The monoisotopic (exact) mass is 375 g/mol. The number of benzene rings is 2. The van der Waals surface area contributed by atoms with Crippen molar-refractivity contribution in [3.05, 3.63) is 53.6 Å². The Morgan fingerprint density at radius 2 is 1.59 bits per heavy atom. The molecule has 0 heterocycles. The first-order valence-corrected chi connectivity index (χ1v) is 8.96. The molecule has 0 radical (unpaired) electrons. The van der Waals surface area contributed by atoms with E-state index in [1.807, 2.05) is 42.5 Å². The Morgan fingerprint density at radius 1 is 0.889 bits per heavy atom. The van der Waals surface area contributed by atoms with Crippen molar-refractivity contribution in [3.8, 4) is 17.2 Å². The highest BCUT2D eigenvalue weighted by molar-refractivity contribution is 5.42. The van der Waals surface area contributed by atoms with E-state index in [0.29, 0.717) is 24.7 Å². The van der Waals surface area contributed by atoms with Gasteiger partial charge in [-0.05, 0) is 48.4 Å². The molecular formula is C21H29NO5. The number of hydrogen-bond acceptors (Lipinski definition) is 6. The number of hydrogen-bond donors (Lipinski definition) is 2. The van der Waals surface area contributed by atoms with Crippen LogP contribution in [0.1, 0.15) is 11.1 Å². The van der Waals surface area contributed by atoms with Gasteiger partial charge >= 0.3 is 0 Å². The van der Waals surface area contributed by atoms with Crippen LogP contribution in [0.5, 0.6) is 17.2 Å². The van der Waals surface area contributed by atoms with Crippen LogP contribution in [0.25, 0.3) is 0 Å². The molecule has 2 aromatic rings. The van der Waals surface area contributed by atoms with Gasteiger partial charge in [0.05, 0.1) is 40.6 Å². The molecule has 0 fully saturated rings. The lowest BCUT2D eigenvalue weighted by Crippen LogP contribution is -2.31. The standard InChI is InChI=1S/C21H29NO5/c1-24-19-7-4-16(5-8-19)10-11-22-13-18(23)15-27-14-17-6-9-20(25-2)21(12-17)26-3/h4-9,12,18,22-23H,10-11,13-15H2,1-3H3/t18-/m1/s1. The molecule has 0 bridgehead atoms. The largest absolute Gasteiger partial charge is 0.497 e. The molecule has 2 N–H and O–H groups in total. The first-order valence-electron chi connectivity index (χ1n) is 8.96. The first-order chi connectivity index (χ1) is 13.2. The molecule has 0 aromatic heterocycles. The van der Waals surface area contributed by atoms with E-state index in [1.54, 1.807) is 21.3 Å². The van der Waals surface area contributed by atoms with Crippen LogP contribution >= 0.6 is 0 Å². The summed E-state index contributed by atoms with van der Waals surface area (Å²) in [6.07, 6.45) is 0.337. The predicted molar refractivity (Wildman–Crippen MR) is 105 cm³/mol. The highest BCUT2D eigenvalue weighted by atomic mass is 16.5. The zero-order chi connectivity index (χ0) is 19.5. The topological polar surface area (TPSA) is 69.2 Å². The zero-order valence-electron chi connectivity index (χ0n) is 16.2. The Morgan fingerprint density at radius 3 is 2.26 bits per heavy atom. The van der Waals surface area contributed by atoms with Crippen molar-refractivity contribution >= 4 is 0 Å². The van der Waals surface area contributed by atoms with E-state index in [4.69, 9.17) is 18.9 Å². The van der Waals surface area contributed by atoms with Gasteiger partial charge < -0.3 is 29.4 Å². The number of rotatable bonds is 12. The van der Waals surface area contributed by atoms with E-state index in [9.17, 15) is 5.11 Å². The smallest absolute Gasteiger partial charge is 0.161 e. The van der Waals surface area contributed by atoms with Gasteiger partial charge in [0.1, 0.15) is 5.75 Å². The fourth-order valence-electron chi connectivity index (χ4n) is 2.64.